The lowest BCUT2D eigenvalue weighted by Gasteiger charge is -2.30. The number of hydrogen-bond acceptors (Lipinski definition) is 2. The molecular weight excluding hydrogens is 308 g/mol. The van der Waals surface area contributed by atoms with E-state index in [-0.39, 0.29) is 18.3 Å². The molecule has 1 aromatic rings. The third-order valence-electron chi connectivity index (χ3n) is 5.47. The number of fused-ring (bicyclic) bond motifs is 1. The van der Waals surface area contributed by atoms with Crippen LogP contribution in [-0.4, -0.2) is 18.5 Å². The first-order valence-electron chi connectivity index (χ1n) is 8.83. The molecule has 1 amide bonds. The number of carbonyl (C=O) groups is 1. The van der Waals surface area contributed by atoms with Crippen LogP contribution >= 0.6 is 12.4 Å². The van der Waals surface area contributed by atoms with Gasteiger partial charge in [0.2, 0.25) is 5.91 Å². The Morgan fingerprint density at radius 1 is 1.13 bits per heavy atom. The molecule has 0 unspecified atom stereocenters. The number of aryl methyl sites for hydroxylation is 1. The Kier molecular flexibility index (Phi) is 6.91. The van der Waals surface area contributed by atoms with Crippen LogP contribution in [0.25, 0.3) is 0 Å². The molecular formula is C19H29ClN2O. The molecule has 0 radical (unpaired) electrons. The maximum atomic E-state index is 12.4. The molecule has 2 aliphatic carbocycles. The van der Waals surface area contributed by atoms with Crippen molar-refractivity contribution in [3.05, 3.63) is 35.4 Å². The molecule has 1 aromatic carbocycles. The SMILES string of the molecule is Cl.NCC1CCC(NC(=O)C[C@H]2CCCc3ccccc32)CC1. The first-order chi connectivity index (χ1) is 10.8. The van der Waals surface area contributed by atoms with Gasteiger partial charge >= 0.3 is 0 Å². The predicted molar refractivity (Wildman–Crippen MR) is 96.9 cm³/mol. The second-order valence-corrected chi connectivity index (χ2v) is 7.01. The van der Waals surface area contributed by atoms with Crippen LogP contribution in [0.4, 0.5) is 0 Å². The molecule has 0 aliphatic heterocycles. The van der Waals surface area contributed by atoms with E-state index in [4.69, 9.17) is 5.73 Å². The van der Waals surface area contributed by atoms with Crippen molar-refractivity contribution in [2.24, 2.45) is 11.7 Å². The second kappa shape index (κ2) is 8.70. The van der Waals surface area contributed by atoms with Gasteiger partial charge in [0.15, 0.2) is 0 Å². The Bertz CT molecular complexity index is 512. The molecule has 3 N–H and O–H groups in total. The highest BCUT2D eigenvalue weighted by Gasteiger charge is 2.25. The quantitative estimate of drug-likeness (QED) is 0.883. The third kappa shape index (κ3) is 4.71. The zero-order valence-electron chi connectivity index (χ0n) is 13.8. The van der Waals surface area contributed by atoms with E-state index in [9.17, 15) is 4.79 Å². The maximum Gasteiger partial charge on any atom is 0.220 e. The largest absolute Gasteiger partial charge is 0.353 e. The van der Waals surface area contributed by atoms with Gasteiger partial charge in [-0.2, -0.15) is 0 Å². The van der Waals surface area contributed by atoms with Gasteiger partial charge in [-0.1, -0.05) is 24.3 Å². The fraction of sp³-hybridized carbons (Fsp3) is 0.632. The summed E-state index contributed by atoms with van der Waals surface area (Å²) in [5.41, 5.74) is 8.57. The molecule has 0 aromatic heterocycles. The van der Waals surface area contributed by atoms with E-state index < -0.39 is 0 Å². The topological polar surface area (TPSA) is 55.1 Å². The summed E-state index contributed by atoms with van der Waals surface area (Å²) in [6, 6.07) is 9.00. The van der Waals surface area contributed by atoms with E-state index in [1.54, 1.807) is 0 Å². The molecule has 0 bridgehead atoms. The number of halogens is 1. The van der Waals surface area contributed by atoms with E-state index in [0.29, 0.717) is 24.3 Å². The van der Waals surface area contributed by atoms with Crippen molar-refractivity contribution in [2.45, 2.75) is 63.3 Å². The van der Waals surface area contributed by atoms with Crippen LogP contribution in [0.2, 0.25) is 0 Å². The Labute approximate surface area is 145 Å². The molecule has 1 saturated carbocycles. The molecule has 4 heteroatoms. The summed E-state index contributed by atoms with van der Waals surface area (Å²) in [6.07, 6.45) is 8.66. The normalized spacial score (nSPS) is 26.7. The number of benzene rings is 1. The number of nitrogens with two attached hydrogens (primary N) is 1. The van der Waals surface area contributed by atoms with Crippen molar-refractivity contribution < 1.29 is 4.79 Å². The van der Waals surface area contributed by atoms with Crippen LogP contribution in [0, 0.1) is 5.92 Å². The smallest absolute Gasteiger partial charge is 0.220 e. The Morgan fingerprint density at radius 3 is 2.61 bits per heavy atom. The third-order valence-corrected chi connectivity index (χ3v) is 5.47. The van der Waals surface area contributed by atoms with E-state index in [1.807, 2.05) is 0 Å². The standard InChI is InChI=1S/C19H28N2O.ClH/c20-13-14-8-10-17(11-9-14)21-19(22)12-16-6-3-5-15-4-1-2-7-18(15)16;/h1-2,4,7,14,16-17H,3,5-6,8-13,20H2,(H,21,22);1H/t14?,16-,17?;/m1./s1. The summed E-state index contributed by atoms with van der Waals surface area (Å²) in [5, 5.41) is 3.26. The number of nitrogens with one attached hydrogen (secondary N) is 1. The number of amides is 1. The molecule has 3 nitrogen and oxygen atoms in total. The average Bonchev–Trinajstić information content (AvgIpc) is 2.56. The summed E-state index contributed by atoms with van der Waals surface area (Å²) < 4.78 is 0. The van der Waals surface area contributed by atoms with Crippen LogP contribution in [0.15, 0.2) is 24.3 Å². The van der Waals surface area contributed by atoms with Gasteiger partial charge < -0.3 is 11.1 Å². The average molecular weight is 337 g/mol. The summed E-state index contributed by atoms with van der Waals surface area (Å²) >= 11 is 0. The molecule has 23 heavy (non-hydrogen) atoms. The Hall–Kier alpha value is -1.06. The van der Waals surface area contributed by atoms with Gasteiger partial charge in [0.05, 0.1) is 0 Å². The Morgan fingerprint density at radius 2 is 1.87 bits per heavy atom. The number of rotatable bonds is 4. The first kappa shape index (κ1) is 18.3. The lowest BCUT2D eigenvalue weighted by Crippen LogP contribution is -2.39. The maximum absolute atomic E-state index is 12.4. The van der Waals surface area contributed by atoms with E-state index in [0.717, 1.165) is 45.1 Å². The van der Waals surface area contributed by atoms with Gasteiger partial charge in [0.1, 0.15) is 0 Å². The summed E-state index contributed by atoms with van der Waals surface area (Å²) in [4.78, 5) is 12.4. The monoisotopic (exact) mass is 336 g/mol. The van der Waals surface area contributed by atoms with E-state index in [2.05, 4.69) is 29.6 Å². The van der Waals surface area contributed by atoms with Crippen LogP contribution in [0.5, 0.6) is 0 Å². The second-order valence-electron chi connectivity index (χ2n) is 7.01. The molecule has 0 saturated heterocycles. The molecule has 3 rings (SSSR count). The highest BCUT2D eigenvalue weighted by atomic mass is 35.5. The van der Waals surface area contributed by atoms with Crippen LogP contribution in [0.3, 0.4) is 0 Å². The zero-order valence-corrected chi connectivity index (χ0v) is 14.6. The van der Waals surface area contributed by atoms with E-state index in [1.165, 1.54) is 17.5 Å². The van der Waals surface area contributed by atoms with Crippen molar-refractivity contribution in [2.75, 3.05) is 6.54 Å². The molecule has 2 aliphatic rings. The molecule has 0 spiro atoms. The lowest BCUT2D eigenvalue weighted by molar-refractivity contribution is -0.122. The van der Waals surface area contributed by atoms with E-state index >= 15 is 0 Å². The van der Waals surface area contributed by atoms with Crippen molar-refractivity contribution in [3.8, 4) is 0 Å². The van der Waals surface area contributed by atoms with Gasteiger partial charge in [0, 0.05) is 12.5 Å². The van der Waals surface area contributed by atoms with Crippen molar-refractivity contribution in [3.63, 3.8) is 0 Å². The van der Waals surface area contributed by atoms with Gasteiger partial charge in [-0.3, -0.25) is 4.79 Å². The first-order valence-corrected chi connectivity index (χ1v) is 8.83. The summed E-state index contributed by atoms with van der Waals surface area (Å²) in [7, 11) is 0. The van der Waals surface area contributed by atoms with Crippen LogP contribution in [-0.2, 0) is 11.2 Å². The lowest BCUT2D eigenvalue weighted by atomic mass is 9.80. The molecule has 0 heterocycles. The Balaban J connectivity index is 0.00000192. The highest BCUT2D eigenvalue weighted by Crippen LogP contribution is 2.34. The summed E-state index contributed by atoms with van der Waals surface area (Å²) in [6.45, 7) is 0.791. The minimum Gasteiger partial charge on any atom is -0.353 e. The molecule has 128 valence electrons. The zero-order chi connectivity index (χ0) is 15.4. The number of carbonyl (C=O) groups excluding carboxylic acids is 1. The van der Waals surface area contributed by atoms with Gasteiger partial charge in [0.25, 0.3) is 0 Å². The van der Waals surface area contributed by atoms with Crippen molar-refractivity contribution >= 4 is 18.3 Å². The van der Waals surface area contributed by atoms with Crippen molar-refractivity contribution in [1.29, 1.82) is 0 Å². The number of hydrogen-bond donors (Lipinski definition) is 2. The molecule has 1 fully saturated rings. The van der Waals surface area contributed by atoms with Gasteiger partial charge in [-0.25, -0.2) is 0 Å². The summed E-state index contributed by atoms with van der Waals surface area (Å²) in [5.74, 6) is 1.31. The van der Waals surface area contributed by atoms with Crippen LogP contribution in [0.1, 0.15) is 62.0 Å². The fourth-order valence-electron chi connectivity index (χ4n) is 4.12. The molecule has 1 atom stereocenters. The van der Waals surface area contributed by atoms with Crippen LogP contribution < -0.4 is 11.1 Å². The highest BCUT2D eigenvalue weighted by molar-refractivity contribution is 5.85. The minimum atomic E-state index is 0. The van der Waals surface area contributed by atoms with Crippen molar-refractivity contribution in [1.82, 2.24) is 5.32 Å². The predicted octanol–water partition coefficient (Wildman–Crippen LogP) is 3.55. The fourth-order valence-corrected chi connectivity index (χ4v) is 4.12. The van der Waals surface area contributed by atoms with Gasteiger partial charge in [-0.05, 0) is 74.5 Å². The van der Waals surface area contributed by atoms with Gasteiger partial charge in [-0.15, -0.1) is 12.4 Å². The minimum absolute atomic E-state index is 0.